The number of pyridine rings is 2. The molecule has 0 spiro atoms. The molecule has 2 aromatic carbocycles. The van der Waals surface area contributed by atoms with Crippen molar-refractivity contribution in [3.8, 4) is 11.3 Å². The Hall–Kier alpha value is -3.68. The highest BCUT2D eigenvalue weighted by atomic mass is 35.5. The molecule has 7 nitrogen and oxygen atoms in total. The number of nitrogens with zero attached hydrogens (tertiary/aromatic N) is 3. The fraction of sp³-hybridized carbons (Fsp3) is 0.160. The lowest BCUT2D eigenvalue weighted by atomic mass is 10.1. The van der Waals surface area contributed by atoms with Gasteiger partial charge in [0.05, 0.1) is 34.0 Å². The fourth-order valence-electron chi connectivity index (χ4n) is 3.69. The number of hydrazine groups is 1. The first kappa shape index (κ1) is 21.2. The van der Waals surface area contributed by atoms with Crippen molar-refractivity contribution in [2.75, 3.05) is 10.7 Å². The summed E-state index contributed by atoms with van der Waals surface area (Å²) in [4.78, 5) is 21.4. The van der Waals surface area contributed by atoms with Crippen molar-refractivity contribution in [2.45, 2.75) is 25.4 Å². The molecule has 0 unspecified atom stereocenters. The Kier molecular flexibility index (Phi) is 5.58. The molecule has 0 atom stereocenters. The van der Waals surface area contributed by atoms with Gasteiger partial charge in [-0.1, -0.05) is 29.8 Å². The van der Waals surface area contributed by atoms with Crippen molar-refractivity contribution in [1.29, 1.82) is 0 Å². The maximum atomic E-state index is 12.4. The van der Waals surface area contributed by atoms with Gasteiger partial charge >= 0.3 is 0 Å². The summed E-state index contributed by atoms with van der Waals surface area (Å²) in [5.74, 6) is 6.67. The van der Waals surface area contributed by atoms with Gasteiger partial charge in [-0.3, -0.25) is 14.8 Å². The minimum Gasteiger partial charge on any atom is -0.396 e. The lowest BCUT2D eigenvalue weighted by Gasteiger charge is -2.20. The predicted octanol–water partition coefficient (Wildman–Crippen LogP) is 4.30. The number of hydrogen-bond donors (Lipinski definition) is 3. The Morgan fingerprint density at radius 1 is 1.12 bits per heavy atom. The molecule has 1 saturated carbocycles. The van der Waals surface area contributed by atoms with Gasteiger partial charge in [0.25, 0.3) is 5.91 Å². The number of nitrogens with one attached hydrogen (secondary N) is 1. The molecule has 0 aliphatic heterocycles. The normalized spacial score (nSPS) is 13.2. The maximum absolute atomic E-state index is 12.4. The number of carbonyl (C=O) groups is 1. The first-order valence-electron chi connectivity index (χ1n) is 10.7. The van der Waals surface area contributed by atoms with E-state index in [1.54, 1.807) is 24.4 Å². The van der Waals surface area contributed by atoms with Crippen molar-refractivity contribution in [1.82, 2.24) is 15.3 Å². The van der Waals surface area contributed by atoms with Gasteiger partial charge in [0.2, 0.25) is 0 Å². The molecular formula is C25H23ClN6O. The van der Waals surface area contributed by atoms with Gasteiger partial charge in [0.15, 0.2) is 5.82 Å². The largest absolute Gasteiger partial charge is 0.396 e. The van der Waals surface area contributed by atoms with Crippen LogP contribution in [0.25, 0.3) is 22.2 Å². The molecule has 2 aromatic heterocycles. The van der Waals surface area contributed by atoms with Crippen LogP contribution in [0.1, 0.15) is 28.8 Å². The third-order valence-electron chi connectivity index (χ3n) is 5.62. The molecule has 8 heteroatoms. The van der Waals surface area contributed by atoms with Crippen LogP contribution >= 0.6 is 11.6 Å². The van der Waals surface area contributed by atoms with E-state index in [0.29, 0.717) is 34.3 Å². The third-order valence-corrected chi connectivity index (χ3v) is 5.93. The van der Waals surface area contributed by atoms with Crippen molar-refractivity contribution < 1.29 is 4.79 Å². The Morgan fingerprint density at radius 3 is 2.76 bits per heavy atom. The van der Waals surface area contributed by atoms with Gasteiger partial charge in [0, 0.05) is 23.2 Å². The van der Waals surface area contributed by atoms with Crippen LogP contribution in [0.5, 0.6) is 0 Å². The number of fused-ring (bicyclic) bond motifs is 1. The summed E-state index contributed by atoms with van der Waals surface area (Å²) in [6.45, 7) is 0.423. The second-order valence-corrected chi connectivity index (χ2v) is 8.62. The Labute approximate surface area is 196 Å². The number of benzene rings is 2. The molecule has 1 amide bonds. The van der Waals surface area contributed by atoms with Crippen molar-refractivity contribution in [3.63, 3.8) is 0 Å². The van der Waals surface area contributed by atoms with E-state index >= 15 is 0 Å². The van der Waals surface area contributed by atoms with Gasteiger partial charge in [0.1, 0.15) is 0 Å². The highest BCUT2D eigenvalue weighted by molar-refractivity contribution is 6.34. The lowest BCUT2D eigenvalue weighted by molar-refractivity contribution is 0.0951. The van der Waals surface area contributed by atoms with Crippen molar-refractivity contribution in [3.05, 3.63) is 83.0 Å². The zero-order valence-corrected chi connectivity index (χ0v) is 18.6. The Morgan fingerprint density at radius 2 is 1.97 bits per heavy atom. The monoisotopic (exact) mass is 458 g/mol. The molecule has 5 rings (SSSR count). The highest BCUT2D eigenvalue weighted by Crippen LogP contribution is 2.29. The van der Waals surface area contributed by atoms with Crippen LogP contribution in [-0.2, 0) is 6.54 Å². The van der Waals surface area contributed by atoms with Gasteiger partial charge in [-0.05, 0) is 60.9 Å². The number of aromatic nitrogens is 2. The number of nitrogen functional groups attached to an aromatic ring is 1. The van der Waals surface area contributed by atoms with E-state index in [1.807, 2.05) is 42.5 Å². The molecule has 1 aliphatic carbocycles. The summed E-state index contributed by atoms with van der Waals surface area (Å²) in [5.41, 5.74) is 10.5. The minimum absolute atomic E-state index is 0.154. The molecular weight excluding hydrogens is 436 g/mol. The van der Waals surface area contributed by atoms with Gasteiger partial charge < -0.3 is 11.1 Å². The van der Waals surface area contributed by atoms with E-state index in [2.05, 4.69) is 15.3 Å². The number of halogens is 1. The molecule has 0 radical (unpaired) electrons. The molecule has 4 aromatic rings. The summed E-state index contributed by atoms with van der Waals surface area (Å²) in [7, 11) is 0. The van der Waals surface area contributed by atoms with Crippen LogP contribution in [0.4, 0.5) is 11.5 Å². The van der Waals surface area contributed by atoms with E-state index in [-0.39, 0.29) is 11.9 Å². The molecule has 2 heterocycles. The zero-order valence-electron chi connectivity index (χ0n) is 17.8. The topological polar surface area (TPSA) is 110 Å². The average molecular weight is 459 g/mol. The molecule has 0 bridgehead atoms. The standard InChI is InChI=1S/C25H23ClN6O/c26-20-13-17(4-7-19(20)25(33)30-18-5-6-18)23-10-8-21(27)24(31-23)32(28)14-15-3-9-22-16(12-15)2-1-11-29-22/h1-4,7-13,18H,5-6,14,27-28H2,(H,30,33). The SMILES string of the molecule is Nc1ccc(-c2ccc(C(=O)NC3CC3)c(Cl)c2)nc1N(N)Cc1ccc2ncccc2c1. The van der Waals surface area contributed by atoms with E-state index < -0.39 is 0 Å². The molecule has 33 heavy (non-hydrogen) atoms. The van der Waals surface area contributed by atoms with Crippen LogP contribution < -0.4 is 21.9 Å². The average Bonchev–Trinajstić information content (AvgIpc) is 3.63. The smallest absolute Gasteiger partial charge is 0.253 e. The second kappa shape index (κ2) is 8.69. The van der Waals surface area contributed by atoms with Gasteiger partial charge in [-0.25, -0.2) is 10.8 Å². The van der Waals surface area contributed by atoms with Crippen molar-refractivity contribution in [2.24, 2.45) is 5.84 Å². The molecule has 5 N–H and O–H groups in total. The quantitative estimate of drug-likeness (QED) is 0.293. The van der Waals surface area contributed by atoms with Crippen molar-refractivity contribution >= 4 is 39.9 Å². The molecule has 1 aliphatic rings. The molecule has 1 fully saturated rings. The van der Waals surface area contributed by atoms with E-state index in [4.69, 9.17) is 23.2 Å². The van der Waals surface area contributed by atoms with Crippen LogP contribution in [0, 0.1) is 0 Å². The number of amides is 1. The first-order chi connectivity index (χ1) is 16.0. The summed E-state index contributed by atoms with van der Waals surface area (Å²) in [5, 5.41) is 5.89. The summed E-state index contributed by atoms with van der Waals surface area (Å²) in [6, 6.07) is 19.0. The van der Waals surface area contributed by atoms with E-state index in [1.165, 1.54) is 5.01 Å². The summed E-state index contributed by atoms with van der Waals surface area (Å²) in [6.07, 6.45) is 3.81. The van der Waals surface area contributed by atoms with Crippen LogP contribution in [0.2, 0.25) is 5.02 Å². The molecule has 0 saturated heterocycles. The number of anilines is 2. The summed E-state index contributed by atoms with van der Waals surface area (Å²) < 4.78 is 0. The second-order valence-electron chi connectivity index (χ2n) is 8.21. The number of hydrogen-bond acceptors (Lipinski definition) is 6. The van der Waals surface area contributed by atoms with E-state index in [0.717, 1.165) is 34.9 Å². The van der Waals surface area contributed by atoms with Crippen LogP contribution in [0.15, 0.2) is 66.9 Å². The minimum atomic E-state index is -0.154. The molecule has 166 valence electrons. The van der Waals surface area contributed by atoms with Gasteiger partial charge in [-0.2, -0.15) is 0 Å². The highest BCUT2D eigenvalue weighted by Gasteiger charge is 2.24. The Balaban J connectivity index is 1.39. The first-order valence-corrected chi connectivity index (χ1v) is 11.1. The fourth-order valence-corrected chi connectivity index (χ4v) is 3.96. The maximum Gasteiger partial charge on any atom is 0.253 e. The number of rotatable bonds is 6. The summed E-state index contributed by atoms with van der Waals surface area (Å²) >= 11 is 6.41. The van der Waals surface area contributed by atoms with Crippen LogP contribution in [-0.4, -0.2) is 21.9 Å². The number of nitrogens with two attached hydrogens (primary N) is 2. The van der Waals surface area contributed by atoms with Gasteiger partial charge in [-0.15, -0.1) is 0 Å². The Bertz CT molecular complexity index is 1350. The van der Waals surface area contributed by atoms with Crippen LogP contribution in [0.3, 0.4) is 0 Å². The van der Waals surface area contributed by atoms with E-state index in [9.17, 15) is 4.79 Å². The predicted molar refractivity (Wildman–Crippen MR) is 132 cm³/mol. The lowest BCUT2D eigenvalue weighted by Crippen LogP contribution is -2.31. The number of carbonyl (C=O) groups excluding carboxylic acids is 1. The third kappa shape index (κ3) is 4.60. The zero-order chi connectivity index (χ0) is 22.9.